The van der Waals surface area contributed by atoms with Gasteiger partial charge in [0.2, 0.25) is 0 Å². The quantitative estimate of drug-likeness (QED) is 0.174. The Labute approximate surface area is 315 Å². The molecule has 4 bridgehead atoms. The lowest BCUT2D eigenvalue weighted by Gasteiger charge is -2.61. The summed E-state index contributed by atoms with van der Waals surface area (Å²) in [6, 6.07) is 59.7. The molecule has 0 aliphatic heterocycles. The number of para-hydroxylation sites is 3. The molecule has 5 aliphatic carbocycles. The molecule has 2 aromatic heterocycles. The van der Waals surface area contributed by atoms with Gasteiger partial charge in [-0.2, -0.15) is 0 Å². The van der Waals surface area contributed by atoms with Crippen LogP contribution in [0, 0.1) is 23.7 Å². The molecule has 2 nitrogen and oxygen atoms in total. The minimum Gasteiger partial charge on any atom is -0.309 e. The molecule has 4 fully saturated rings. The summed E-state index contributed by atoms with van der Waals surface area (Å²) in [6.45, 7) is 0. The van der Waals surface area contributed by atoms with E-state index in [0.717, 1.165) is 23.7 Å². The molecule has 9 aromatic rings. The molecule has 14 rings (SSSR count). The molecule has 0 N–H and O–H groups in total. The van der Waals surface area contributed by atoms with Crippen molar-refractivity contribution in [2.75, 3.05) is 0 Å². The molecule has 5 aliphatic rings. The summed E-state index contributed by atoms with van der Waals surface area (Å²) in [5, 5.41) is 5.13. The van der Waals surface area contributed by atoms with Crippen molar-refractivity contribution in [2.24, 2.45) is 23.7 Å². The van der Waals surface area contributed by atoms with Gasteiger partial charge in [0.25, 0.3) is 0 Å². The number of benzene rings is 7. The highest BCUT2D eigenvalue weighted by atomic mass is 15.0. The van der Waals surface area contributed by atoms with Crippen LogP contribution in [0.15, 0.2) is 158 Å². The van der Waals surface area contributed by atoms with Crippen LogP contribution in [0.5, 0.6) is 0 Å². The second kappa shape index (κ2) is 10.6. The Bertz CT molecular complexity index is 2980. The smallest absolute Gasteiger partial charge is 0.0542 e. The summed E-state index contributed by atoms with van der Waals surface area (Å²) in [7, 11) is 0. The number of hydrogen-bond acceptors (Lipinski definition) is 0. The van der Waals surface area contributed by atoms with Crippen LogP contribution in [-0.2, 0) is 5.41 Å². The molecule has 0 saturated heterocycles. The van der Waals surface area contributed by atoms with Gasteiger partial charge in [-0.1, -0.05) is 97.1 Å². The first-order chi connectivity index (χ1) is 26.7. The van der Waals surface area contributed by atoms with Crippen molar-refractivity contribution in [3.05, 3.63) is 169 Å². The summed E-state index contributed by atoms with van der Waals surface area (Å²) in [4.78, 5) is 0. The van der Waals surface area contributed by atoms with E-state index in [9.17, 15) is 0 Å². The first-order valence-corrected chi connectivity index (χ1v) is 20.1. The molecule has 54 heavy (non-hydrogen) atoms. The molecule has 0 unspecified atom stereocenters. The van der Waals surface area contributed by atoms with Gasteiger partial charge in [-0.3, -0.25) is 0 Å². The molecule has 0 atom stereocenters. The van der Waals surface area contributed by atoms with Crippen molar-refractivity contribution in [1.82, 2.24) is 9.13 Å². The Morgan fingerprint density at radius 1 is 0.370 bits per heavy atom. The standard InChI is InChI=1S/C52H40N2/c1-2-10-38(11-3-1)53-48-16-8-6-14-42(48)45-31-39(20-23-51(45)53)54-49-17-9-5-13-41(49)44-30-35(19-22-50(44)54)34-18-21-47-43(29-34)40-12-4-7-15-46(40)52(47)36-25-32-24-33(27-36)28-37(52)26-32/h1-23,29-33,36-37H,24-28H2. The van der Waals surface area contributed by atoms with Crippen molar-refractivity contribution in [3.8, 4) is 33.6 Å². The second-order valence-electron chi connectivity index (χ2n) is 17.0. The number of aromatic nitrogens is 2. The third-order valence-electron chi connectivity index (χ3n) is 14.5. The van der Waals surface area contributed by atoms with E-state index in [1.807, 2.05) is 0 Å². The van der Waals surface area contributed by atoms with E-state index in [1.54, 1.807) is 11.1 Å². The van der Waals surface area contributed by atoms with Crippen LogP contribution in [0.2, 0.25) is 0 Å². The Kier molecular flexibility index (Phi) is 5.83. The van der Waals surface area contributed by atoms with E-state index in [2.05, 4.69) is 167 Å². The van der Waals surface area contributed by atoms with Crippen molar-refractivity contribution in [3.63, 3.8) is 0 Å². The van der Waals surface area contributed by atoms with E-state index in [0.29, 0.717) is 0 Å². The first kappa shape index (κ1) is 29.6. The number of nitrogens with zero attached hydrogens (tertiary/aromatic N) is 2. The average Bonchev–Trinajstić information content (AvgIpc) is 3.83. The van der Waals surface area contributed by atoms with Crippen molar-refractivity contribution < 1.29 is 0 Å². The highest BCUT2D eigenvalue weighted by Crippen LogP contribution is 2.69. The minimum absolute atomic E-state index is 0.212. The molecule has 1 spiro atoms. The predicted molar refractivity (Wildman–Crippen MR) is 224 cm³/mol. The average molecular weight is 693 g/mol. The number of hydrogen-bond donors (Lipinski definition) is 0. The molecule has 2 heteroatoms. The maximum Gasteiger partial charge on any atom is 0.0542 e. The zero-order chi connectivity index (χ0) is 35.1. The van der Waals surface area contributed by atoms with Crippen LogP contribution in [0.4, 0.5) is 0 Å². The van der Waals surface area contributed by atoms with E-state index in [4.69, 9.17) is 0 Å². The molecule has 7 aromatic carbocycles. The van der Waals surface area contributed by atoms with Crippen molar-refractivity contribution >= 4 is 43.6 Å². The van der Waals surface area contributed by atoms with Crippen LogP contribution >= 0.6 is 0 Å². The third kappa shape index (κ3) is 3.76. The fraction of sp³-hybridized carbons (Fsp3) is 0.192. The van der Waals surface area contributed by atoms with E-state index in [1.165, 1.54) is 109 Å². The van der Waals surface area contributed by atoms with E-state index >= 15 is 0 Å². The normalized spacial score (nSPS) is 23.6. The second-order valence-corrected chi connectivity index (χ2v) is 17.0. The van der Waals surface area contributed by atoms with Crippen LogP contribution in [-0.4, -0.2) is 9.13 Å². The summed E-state index contributed by atoms with van der Waals surface area (Å²) in [5.41, 5.74) is 16.4. The zero-order valence-corrected chi connectivity index (χ0v) is 30.3. The topological polar surface area (TPSA) is 9.86 Å². The third-order valence-corrected chi connectivity index (χ3v) is 14.5. The lowest BCUT2D eigenvalue weighted by Crippen LogP contribution is -2.55. The Hall–Kier alpha value is -5.86. The van der Waals surface area contributed by atoms with Gasteiger partial charge in [-0.25, -0.2) is 0 Å². The molecule has 0 amide bonds. The Balaban J connectivity index is 0.972. The summed E-state index contributed by atoms with van der Waals surface area (Å²) in [5.74, 6) is 3.50. The molecule has 2 heterocycles. The fourth-order valence-electron chi connectivity index (χ4n) is 12.7. The van der Waals surface area contributed by atoms with Crippen LogP contribution in [0.1, 0.15) is 43.2 Å². The van der Waals surface area contributed by atoms with Gasteiger partial charge >= 0.3 is 0 Å². The fourth-order valence-corrected chi connectivity index (χ4v) is 12.7. The number of fused-ring (bicyclic) bond motifs is 9. The molecule has 0 radical (unpaired) electrons. The van der Waals surface area contributed by atoms with E-state index in [-0.39, 0.29) is 5.41 Å². The molecule has 4 saturated carbocycles. The lowest BCUT2D eigenvalue weighted by molar-refractivity contribution is -0.0399. The molecular weight excluding hydrogens is 653 g/mol. The van der Waals surface area contributed by atoms with Gasteiger partial charge in [0.15, 0.2) is 0 Å². The van der Waals surface area contributed by atoms with Crippen molar-refractivity contribution in [1.29, 1.82) is 0 Å². The predicted octanol–water partition coefficient (Wildman–Crippen LogP) is 13.3. The van der Waals surface area contributed by atoms with Gasteiger partial charge in [0, 0.05) is 38.3 Å². The van der Waals surface area contributed by atoms with Gasteiger partial charge in [0.05, 0.1) is 22.1 Å². The minimum atomic E-state index is 0.212. The van der Waals surface area contributed by atoms with Gasteiger partial charge in [-0.15, -0.1) is 0 Å². The Morgan fingerprint density at radius 3 is 1.65 bits per heavy atom. The monoisotopic (exact) mass is 692 g/mol. The summed E-state index contributed by atoms with van der Waals surface area (Å²) < 4.78 is 4.87. The van der Waals surface area contributed by atoms with Gasteiger partial charge in [0.1, 0.15) is 0 Å². The van der Waals surface area contributed by atoms with Crippen LogP contribution in [0.25, 0.3) is 77.2 Å². The van der Waals surface area contributed by atoms with Crippen LogP contribution < -0.4 is 0 Å². The van der Waals surface area contributed by atoms with Gasteiger partial charge < -0.3 is 9.13 Å². The first-order valence-electron chi connectivity index (χ1n) is 20.1. The highest BCUT2D eigenvalue weighted by Gasteiger charge is 2.61. The largest absolute Gasteiger partial charge is 0.309 e. The molecular formula is C52H40N2. The van der Waals surface area contributed by atoms with E-state index < -0.39 is 0 Å². The molecule has 258 valence electrons. The maximum absolute atomic E-state index is 2.56. The summed E-state index contributed by atoms with van der Waals surface area (Å²) >= 11 is 0. The highest BCUT2D eigenvalue weighted by molar-refractivity contribution is 6.13. The maximum atomic E-state index is 2.56. The lowest BCUT2D eigenvalue weighted by atomic mass is 9.43. The zero-order valence-electron chi connectivity index (χ0n) is 30.3. The Morgan fingerprint density at radius 2 is 0.907 bits per heavy atom. The number of rotatable bonds is 3. The van der Waals surface area contributed by atoms with Gasteiger partial charge in [-0.05, 0) is 150 Å². The van der Waals surface area contributed by atoms with Crippen molar-refractivity contribution in [2.45, 2.75) is 37.5 Å². The van der Waals surface area contributed by atoms with Crippen LogP contribution in [0.3, 0.4) is 0 Å². The SMILES string of the molecule is c1ccc(-n2c3ccccc3c3cc(-n4c5ccccc5c5cc(-c6ccc7c(c6)-c6ccccc6C76C7CC8CC(C7)CC6C8)ccc54)ccc32)cc1. The summed E-state index contributed by atoms with van der Waals surface area (Å²) in [6.07, 6.45) is 7.18.